The molecule has 0 unspecified atom stereocenters. The van der Waals surface area contributed by atoms with E-state index in [4.69, 9.17) is 14.6 Å². The number of hydrogen-bond acceptors (Lipinski definition) is 5. The lowest BCUT2D eigenvalue weighted by molar-refractivity contribution is -0.137. The van der Waals surface area contributed by atoms with Crippen molar-refractivity contribution in [3.63, 3.8) is 0 Å². The zero-order chi connectivity index (χ0) is 17.5. The number of thiophene rings is 1. The van der Waals surface area contributed by atoms with Gasteiger partial charge in [0.05, 0.1) is 13.7 Å². The number of nitrogens with one attached hydrogen (secondary N) is 1. The van der Waals surface area contributed by atoms with Crippen molar-refractivity contribution < 1.29 is 24.2 Å². The molecule has 2 aromatic rings. The van der Waals surface area contributed by atoms with Gasteiger partial charge in [0.25, 0.3) is 5.91 Å². The average Bonchev–Trinajstić information content (AvgIpc) is 2.94. The van der Waals surface area contributed by atoms with E-state index >= 15 is 0 Å². The number of benzene rings is 1. The molecule has 6 nitrogen and oxygen atoms in total. The van der Waals surface area contributed by atoms with E-state index in [1.54, 1.807) is 24.3 Å². The Morgan fingerprint density at radius 3 is 2.58 bits per heavy atom. The van der Waals surface area contributed by atoms with Gasteiger partial charge in [0.2, 0.25) is 0 Å². The van der Waals surface area contributed by atoms with Crippen molar-refractivity contribution in [1.82, 2.24) is 0 Å². The quantitative estimate of drug-likeness (QED) is 0.712. The Labute approximate surface area is 144 Å². The third kappa shape index (κ3) is 4.99. The lowest BCUT2D eigenvalue weighted by Crippen LogP contribution is -2.11. The van der Waals surface area contributed by atoms with Crippen molar-refractivity contribution >= 4 is 28.9 Å². The third-order valence-electron chi connectivity index (χ3n) is 3.16. The molecule has 0 aliphatic rings. The van der Waals surface area contributed by atoms with Crippen LogP contribution in [0.4, 0.5) is 5.69 Å². The van der Waals surface area contributed by atoms with Crippen molar-refractivity contribution in [3.8, 4) is 11.5 Å². The molecular formula is C17H19NO5S. The first kappa shape index (κ1) is 17.8. The second-order valence-corrected chi connectivity index (χ2v) is 6.34. The van der Waals surface area contributed by atoms with Crippen LogP contribution in [-0.4, -0.2) is 30.7 Å². The molecule has 0 aliphatic heterocycles. The van der Waals surface area contributed by atoms with E-state index in [2.05, 4.69) is 5.32 Å². The number of aliphatic carboxylic acids is 1. The Morgan fingerprint density at radius 2 is 1.96 bits per heavy atom. The predicted octanol–water partition coefficient (Wildman–Crippen LogP) is 3.56. The van der Waals surface area contributed by atoms with Crippen LogP contribution in [0.2, 0.25) is 0 Å². The first-order valence-electron chi connectivity index (χ1n) is 7.40. The molecule has 1 heterocycles. The van der Waals surface area contributed by atoms with Crippen molar-refractivity contribution in [3.05, 3.63) is 40.1 Å². The van der Waals surface area contributed by atoms with Gasteiger partial charge in [-0.1, -0.05) is 0 Å². The van der Waals surface area contributed by atoms with Gasteiger partial charge in [-0.25, -0.2) is 0 Å². The molecule has 0 spiro atoms. The van der Waals surface area contributed by atoms with Gasteiger partial charge in [0.15, 0.2) is 0 Å². The van der Waals surface area contributed by atoms with Crippen LogP contribution < -0.4 is 14.8 Å². The number of rotatable bonds is 8. The van der Waals surface area contributed by atoms with E-state index < -0.39 is 5.97 Å². The van der Waals surface area contributed by atoms with Gasteiger partial charge in [0.1, 0.15) is 16.4 Å². The molecule has 1 aromatic heterocycles. The van der Waals surface area contributed by atoms with E-state index in [0.717, 1.165) is 4.88 Å². The molecule has 0 fully saturated rings. The summed E-state index contributed by atoms with van der Waals surface area (Å²) < 4.78 is 10.7. The molecule has 0 bridgehead atoms. The van der Waals surface area contributed by atoms with Crippen LogP contribution in [0.1, 0.15) is 27.4 Å². The highest BCUT2D eigenvalue weighted by Crippen LogP contribution is 2.29. The second-order valence-electron chi connectivity index (χ2n) is 5.08. The number of carboxylic acid groups (broad SMARTS) is 1. The smallest absolute Gasteiger partial charge is 0.303 e. The molecule has 1 aromatic carbocycles. The summed E-state index contributed by atoms with van der Waals surface area (Å²) in [5, 5.41) is 11.4. The van der Waals surface area contributed by atoms with E-state index in [1.165, 1.54) is 18.4 Å². The number of hydrogen-bond donors (Lipinski definition) is 2. The average molecular weight is 349 g/mol. The third-order valence-corrected chi connectivity index (χ3v) is 4.19. The standard InChI is InChI=1S/C17H19NO5S/c1-11-10-14(22-2)16(24-11)17(21)18-12-5-7-13(8-6-12)23-9-3-4-15(19)20/h5-8,10H,3-4,9H2,1-2H3,(H,18,21)(H,19,20). The summed E-state index contributed by atoms with van der Waals surface area (Å²) in [6.45, 7) is 2.25. The van der Waals surface area contributed by atoms with Gasteiger partial charge in [-0.15, -0.1) is 11.3 Å². The van der Waals surface area contributed by atoms with Crippen LogP contribution in [0.5, 0.6) is 11.5 Å². The molecule has 2 N–H and O–H groups in total. The van der Waals surface area contributed by atoms with E-state index in [-0.39, 0.29) is 12.3 Å². The predicted molar refractivity (Wildman–Crippen MR) is 92.4 cm³/mol. The van der Waals surface area contributed by atoms with Crippen molar-refractivity contribution in [2.45, 2.75) is 19.8 Å². The SMILES string of the molecule is COc1cc(C)sc1C(=O)Nc1ccc(OCCCC(=O)O)cc1. The molecule has 0 aliphatic carbocycles. The zero-order valence-electron chi connectivity index (χ0n) is 13.5. The molecule has 7 heteroatoms. The normalized spacial score (nSPS) is 10.2. The fraction of sp³-hybridized carbons (Fsp3) is 0.294. The van der Waals surface area contributed by atoms with E-state index in [1.807, 2.05) is 13.0 Å². The van der Waals surface area contributed by atoms with Gasteiger partial charge >= 0.3 is 5.97 Å². The number of ether oxygens (including phenoxy) is 2. The summed E-state index contributed by atoms with van der Waals surface area (Å²) in [5.74, 6) is 0.132. The number of amides is 1. The first-order valence-corrected chi connectivity index (χ1v) is 8.21. The molecule has 0 atom stereocenters. The Balaban J connectivity index is 1.91. The van der Waals surface area contributed by atoms with Crippen LogP contribution in [0.25, 0.3) is 0 Å². The van der Waals surface area contributed by atoms with Crippen LogP contribution >= 0.6 is 11.3 Å². The van der Waals surface area contributed by atoms with Crippen molar-refractivity contribution in [2.75, 3.05) is 19.0 Å². The summed E-state index contributed by atoms with van der Waals surface area (Å²) in [7, 11) is 1.54. The topological polar surface area (TPSA) is 84.9 Å². The first-order chi connectivity index (χ1) is 11.5. The fourth-order valence-corrected chi connectivity index (χ4v) is 2.91. The van der Waals surface area contributed by atoms with Gasteiger partial charge in [-0.2, -0.15) is 0 Å². The maximum atomic E-state index is 12.3. The molecule has 0 saturated heterocycles. The molecule has 24 heavy (non-hydrogen) atoms. The van der Waals surface area contributed by atoms with Crippen LogP contribution in [0.15, 0.2) is 30.3 Å². The van der Waals surface area contributed by atoms with Crippen LogP contribution in [0, 0.1) is 6.92 Å². The van der Waals surface area contributed by atoms with Crippen molar-refractivity contribution in [2.24, 2.45) is 0 Å². The Bertz CT molecular complexity index is 708. The van der Waals surface area contributed by atoms with Gasteiger partial charge in [0, 0.05) is 17.0 Å². The van der Waals surface area contributed by atoms with Gasteiger partial charge in [-0.3, -0.25) is 9.59 Å². The summed E-state index contributed by atoms with van der Waals surface area (Å²) in [5.41, 5.74) is 0.644. The number of carbonyl (C=O) groups excluding carboxylic acids is 1. The lowest BCUT2D eigenvalue weighted by Gasteiger charge is -2.08. The summed E-state index contributed by atoms with van der Waals surface area (Å²) in [6, 6.07) is 8.75. The lowest BCUT2D eigenvalue weighted by atomic mass is 10.3. The molecule has 2 rings (SSSR count). The van der Waals surface area contributed by atoms with E-state index in [0.29, 0.717) is 35.1 Å². The molecule has 1 amide bonds. The summed E-state index contributed by atoms with van der Waals surface area (Å²) in [6.07, 6.45) is 0.529. The second kappa shape index (κ2) is 8.35. The highest BCUT2D eigenvalue weighted by atomic mass is 32.1. The Kier molecular flexibility index (Phi) is 6.20. The van der Waals surface area contributed by atoms with Gasteiger partial charge in [-0.05, 0) is 43.7 Å². The summed E-state index contributed by atoms with van der Waals surface area (Å²) >= 11 is 1.38. The number of anilines is 1. The highest BCUT2D eigenvalue weighted by molar-refractivity contribution is 7.14. The van der Waals surface area contributed by atoms with Gasteiger partial charge < -0.3 is 19.9 Å². The molecule has 128 valence electrons. The number of carbonyl (C=O) groups is 2. The number of aryl methyl sites for hydroxylation is 1. The molecule has 0 radical (unpaired) electrons. The van der Waals surface area contributed by atoms with E-state index in [9.17, 15) is 9.59 Å². The number of methoxy groups -OCH3 is 1. The van der Waals surface area contributed by atoms with Crippen molar-refractivity contribution in [1.29, 1.82) is 0 Å². The molecule has 0 saturated carbocycles. The van der Waals surface area contributed by atoms with Crippen LogP contribution in [0.3, 0.4) is 0 Å². The fourth-order valence-electron chi connectivity index (χ4n) is 2.04. The zero-order valence-corrected chi connectivity index (χ0v) is 14.3. The summed E-state index contributed by atoms with van der Waals surface area (Å²) in [4.78, 5) is 24.3. The minimum atomic E-state index is -0.837. The largest absolute Gasteiger partial charge is 0.495 e. The minimum absolute atomic E-state index is 0.0796. The van der Waals surface area contributed by atoms with Crippen LogP contribution in [-0.2, 0) is 4.79 Å². The maximum Gasteiger partial charge on any atom is 0.303 e. The Hall–Kier alpha value is -2.54. The maximum absolute atomic E-state index is 12.3. The molecular weight excluding hydrogens is 330 g/mol. The monoisotopic (exact) mass is 349 g/mol. The number of carboxylic acids is 1. The highest BCUT2D eigenvalue weighted by Gasteiger charge is 2.16. The minimum Gasteiger partial charge on any atom is -0.495 e. The Morgan fingerprint density at radius 1 is 1.25 bits per heavy atom.